The van der Waals surface area contributed by atoms with Gasteiger partial charge in [-0.25, -0.2) is 0 Å². The molecule has 0 aliphatic carbocycles. The van der Waals surface area contributed by atoms with Crippen molar-refractivity contribution in [3.8, 4) is 5.88 Å². The Morgan fingerprint density at radius 1 is 1.52 bits per heavy atom. The number of aromatic nitrogens is 2. The van der Waals surface area contributed by atoms with Crippen LogP contribution in [-0.4, -0.2) is 46.2 Å². The van der Waals surface area contributed by atoms with Crippen molar-refractivity contribution in [2.24, 2.45) is 0 Å². The van der Waals surface area contributed by atoms with Gasteiger partial charge in [-0.1, -0.05) is 0 Å². The molecule has 0 spiro atoms. The molecule has 1 aromatic rings. The van der Waals surface area contributed by atoms with Crippen molar-refractivity contribution in [3.05, 3.63) is 15.8 Å². The molecule has 118 valence electrons. The minimum atomic E-state index is -0.458. The fraction of sp³-hybridized carbons (Fsp3) is 0.769. The summed E-state index contributed by atoms with van der Waals surface area (Å²) < 4.78 is 12.5. The molecule has 2 heterocycles. The summed E-state index contributed by atoms with van der Waals surface area (Å²) in [5.74, 6) is 0.0381. The van der Waals surface area contributed by atoms with Crippen LogP contribution in [0.3, 0.4) is 0 Å². The van der Waals surface area contributed by atoms with E-state index >= 15 is 0 Å². The second-order valence-corrected chi connectivity index (χ2v) is 5.06. The number of nitrogens with zero attached hydrogens (tertiary/aromatic N) is 3. The van der Waals surface area contributed by atoms with Gasteiger partial charge in [0.15, 0.2) is 0 Å². The maximum absolute atomic E-state index is 11.2. The van der Waals surface area contributed by atoms with Gasteiger partial charge in [-0.2, -0.15) is 0 Å². The second-order valence-electron chi connectivity index (χ2n) is 5.06. The Morgan fingerprint density at radius 3 is 3.05 bits per heavy atom. The first kappa shape index (κ1) is 15.7. The highest BCUT2D eigenvalue weighted by atomic mass is 16.6. The van der Waals surface area contributed by atoms with E-state index in [0.29, 0.717) is 18.7 Å². The van der Waals surface area contributed by atoms with E-state index in [4.69, 9.17) is 14.6 Å². The van der Waals surface area contributed by atoms with Crippen LogP contribution in [0.1, 0.15) is 37.4 Å². The average Bonchev–Trinajstić information content (AvgIpc) is 2.65. The highest BCUT2D eigenvalue weighted by Crippen LogP contribution is 2.34. The number of hydrogen-bond acceptors (Lipinski definition) is 6. The van der Waals surface area contributed by atoms with Crippen molar-refractivity contribution >= 4 is 5.69 Å². The summed E-state index contributed by atoms with van der Waals surface area (Å²) in [6, 6.07) is 0.0985. The van der Waals surface area contributed by atoms with Crippen LogP contribution in [0.15, 0.2) is 0 Å². The molecule has 1 fully saturated rings. The molecule has 1 aliphatic heterocycles. The van der Waals surface area contributed by atoms with Gasteiger partial charge in [0.25, 0.3) is 0 Å². The van der Waals surface area contributed by atoms with E-state index in [1.54, 1.807) is 11.6 Å². The van der Waals surface area contributed by atoms with Crippen LogP contribution in [0.25, 0.3) is 0 Å². The zero-order chi connectivity index (χ0) is 15.2. The largest absolute Gasteiger partial charge is 0.472 e. The number of aliphatic hydroxyl groups excluding tert-OH is 1. The molecular weight excluding hydrogens is 278 g/mol. The molecule has 1 saturated heterocycles. The van der Waals surface area contributed by atoms with Gasteiger partial charge < -0.3 is 14.6 Å². The van der Waals surface area contributed by atoms with Crippen LogP contribution >= 0.6 is 0 Å². The lowest BCUT2D eigenvalue weighted by atomic mass is 10.1. The summed E-state index contributed by atoms with van der Waals surface area (Å²) in [4.78, 5) is 10.8. The maximum atomic E-state index is 11.2. The highest BCUT2D eigenvalue weighted by Gasteiger charge is 2.29. The molecule has 0 aromatic carbocycles. The highest BCUT2D eigenvalue weighted by molar-refractivity contribution is 5.45. The normalized spacial score (nSPS) is 19.2. The van der Waals surface area contributed by atoms with E-state index in [1.165, 1.54) is 0 Å². The van der Waals surface area contributed by atoms with Gasteiger partial charge in [0.2, 0.25) is 0 Å². The quantitative estimate of drug-likeness (QED) is 0.486. The lowest BCUT2D eigenvalue weighted by Crippen LogP contribution is -2.13. The predicted octanol–water partition coefficient (Wildman–Crippen LogP) is 1.60. The molecular formula is C13H21N3O5. The third kappa shape index (κ3) is 3.70. The first-order chi connectivity index (χ1) is 10.1. The molecule has 8 heteroatoms. The number of hydrogen-bond donors (Lipinski definition) is 1. The Kier molecular flexibility index (Phi) is 5.51. The molecule has 1 aliphatic rings. The van der Waals surface area contributed by atoms with Crippen LogP contribution in [-0.2, 0) is 4.74 Å². The van der Waals surface area contributed by atoms with E-state index < -0.39 is 4.92 Å². The molecule has 2 rings (SSSR count). The fourth-order valence-electron chi connectivity index (χ4n) is 2.51. The standard InChI is InChI=1S/C13H21N3O5/c1-10-12(16(18)19)13(21-8-3-6-17)14-15(10)11-4-2-7-20-9-5-11/h11,17H,2-9H2,1H3. The van der Waals surface area contributed by atoms with E-state index in [0.717, 1.165) is 25.9 Å². The molecule has 1 unspecified atom stereocenters. The number of rotatable bonds is 6. The van der Waals surface area contributed by atoms with E-state index in [2.05, 4.69) is 5.10 Å². The SMILES string of the molecule is Cc1c([N+](=O)[O-])c(OCCCO)nn1C1CCCOCC1. The fourth-order valence-corrected chi connectivity index (χ4v) is 2.51. The number of ether oxygens (including phenoxy) is 2. The summed E-state index contributed by atoms with van der Waals surface area (Å²) in [7, 11) is 0. The van der Waals surface area contributed by atoms with Crippen molar-refractivity contribution in [1.82, 2.24) is 9.78 Å². The first-order valence-electron chi connectivity index (χ1n) is 7.20. The topological polar surface area (TPSA) is 99.7 Å². The second kappa shape index (κ2) is 7.37. The lowest BCUT2D eigenvalue weighted by Gasteiger charge is -2.14. The monoisotopic (exact) mass is 299 g/mol. The Morgan fingerprint density at radius 2 is 2.33 bits per heavy atom. The Labute approximate surface area is 122 Å². The van der Waals surface area contributed by atoms with Gasteiger partial charge in [-0.3, -0.25) is 14.8 Å². The average molecular weight is 299 g/mol. The zero-order valence-electron chi connectivity index (χ0n) is 12.2. The predicted molar refractivity (Wildman–Crippen MR) is 74.5 cm³/mol. The summed E-state index contributed by atoms with van der Waals surface area (Å²) >= 11 is 0. The van der Waals surface area contributed by atoms with Crippen molar-refractivity contribution in [2.45, 2.75) is 38.6 Å². The minimum absolute atomic E-state index is 0.0204. The van der Waals surface area contributed by atoms with Gasteiger partial charge in [0.1, 0.15) is 5.69 Å². The Balaban J connectivity index is 2.24. The van der Waals surface area contributed by atoms with Crippen LogP contribution in [0.4, 0.5) is 5.69 Å². The number of nitro groups is 1. The molecule has 0 bridgehead atoms. The van der Waals surface area contributed by atoms with E-state index in [9.17, 15) is 10.1 Å². The molecule has 1 N–H and O–H groups in total. The lowest BCUT2D eigenvalue weighted by molar-refractivity contribution is -0.386. The van der Waals surface area contributed by atoms with Gasteiger partial charge in [0, 0.05) is 26.2 Å². The smallest absolute Gasteiger partial charge is 0.352 e. The van der Waals surface area contributed by atoms with Crippen LogP contribution in [0, 0.1) is 17.0 Å². The maximum Gasteiger partial charge on any atom is 0.352 e. The summed E-state index contributed by atoms with van der Waals surface area (Å²) in [5, 5.41) is 24.3. The Hall–Kier alpha value is -1.67. The van der Waals surface area contributed by atoms with Gasteiger partial charge >= 0.3 is 11.6 Å². The van der Waals surface area contributed by atoms with E-state index in [1.807, 2.05) is 0 Å². The molecule has 0 amide bonds. The van der Waals surface area contributed by atoms with Crippen LogP contribution in [0.5, 0.6) is 5.88 Å². The van der Waals surface area contributed by atoms with Crippen molar-refractivity contribution < 1.29 is 19.5 Å². The molecule has 8 nitrogen and oxygen atoms in total. The summed E-state index contributed by atoms with van der Waals surface area (Å²) in [6.45, 7) is 3.24. The van der Waals surface area contributed by atoms with Crippen LogP contribution in [0.2, 0.25) is 0 Å². The molecule has 21 heavy (non-hydrogen) atoms. The third-order valence-corrected chi connectivity index (χ3v) is 3.58. The van der Waals surface area contributed by atoms with Gasteiger partial charge in [0.05, 0.1) is 17.6 Å². The molecule has 1 aromatic heterocycles. The number of aliphatic hydroxyl groups is 1. The van der Waals surface area contributed by atoms with Crippen LogP contribution < -0.4 is 4.74 Å². The minimum Gasteiger partial charge on any atom is -0.472 e. The first-order valence-corrected chi connectivity index (χ1v) is 7.20. The molecule has 0 radical (unpaired) electrons. The summed E-state index contributed by atoms with van der Waals surface area (Å²) in [6.07, 6.45) is 3.00. The molecule has 1 atom stereocenters. The van der Waals surface area contributed by atoms with Gasteiger partial charge in [-0.05, 0) is 26.2 Å². The van der Waals surface area contributed by atoms with E-state index in [-0.39, 0.29) is 30.8 Å². The van der Waals surface area contributed by atoms with Crippen molar-refractivity contribution in [1.29, 1.82) is 0 Å². The summed E-state index contributed by atoms with van der Waals surface area (Å²) in [5.41, 5.74) is 0.420. The molecule has 0 saturated carbocycles. The zero-order valence-corrected chi connectivity index (χ0v) is 12.2. The third-order valence-electron chi connectivity index (χ3n) is 3.58. The van der Waals surface area contributed by atoms with Gasteiger partial charge in [-0.15, -0.1) is 5.10 Å². The Bertz CT molecular complexity index is 480. The van der Waals surface area contributed by atoms with Crippen molar-refractivity contribution in [3.63, 3.8) is 0 Å². The van der Waals surface area contributed by atoms with Crippen molar-refractivity contribution in [2.75, 3.05) is 26.4 Å².